The van der Waals surface area contributed by atoms with E-state index in [2.05, 4.69) is 91.9 Å². The Morgan fingerprint density at radius 2 is 1.10 bits per heavy atom. The molecule has 3 aromatic carbocycles. The largest absolute Gasteiger partial charge is 0.673 e. The number of benzene rings is 3. The summed E-state index contributed by atoms with van der Waals surface area (Å²) in [6.45, 7) is 2.97. The summed E-state index contributed by atoms with van der Waals surface area (Å²) in [7, 11) is -6.09. The van der Waals surface area contributed by atoms with Gasteiger partial charge < -0.3 is 22.0 Å². The van der Waals surface area contributed by atoms with Gasteiger partial charge in [0.15, 0.2) is 14.7 Å². The van der Waals surface area contributed by atoms with E-state index in [9.17, 15) is 17.3 Å². The van der Waals surface area contributed by atoms with Crippen molar-refractivity contribution in [1.82, 2.24) is 0 Å². The molecule has 1 nitrogen and oxygen atoms in total. The first-order valence-electron chi connectivity index (χ1n) is 9.33. The van der Waals surface area contributed by atoms with Crippen molar-refractivity contribution in [1.29, 1.82) is 0 Å². The van der Waals surface area contributed by atoms with Crippen molar-refractivity contribution < 1.29 is 22.0 Å². The first-order chi connectivity index (χ1) is 13.9. The summed E-state index contributed by atoms with van der Waals surface area (Å²) in [5.74, 6) is 0.955. The molecule has 0 aliphatic rings. The van der Waals surface area contributed by atoms with Gasteiger partial charge in [0.2, 0.25) is 0 Å². The van der Waals surface area contributed by atoms with Crippen LogP contribution in [-0.2, 0) is 10.9 Å². The zero-order valence-corrected chi connectivity index (χ0v) is 16.9. The van der Waals surface area contributed by atoms with Gasteiger partial charge in [-0.3, -0.25) is 0 Å². The molecule has 0 bridgehead atoms. The van der Waals surface area contributed by atoms with Gasteiger partial charge in [-0.1, -0.05) is 49.7 Å². The minimum atomic E-state index is -6.00. The van der Waals surface area contributed by atoms with Crippen LogP contribution >= 0.6 is 0 Å². The predicted octanol–water partition coefficient (Wildman–Crippen LogP) is 7.26. The van der Waals surface area contributed by atoms with Crippen molar-refractivity contribution in [3.05, 3.63) is 84.9 Å². The third-order valence-electron chi connectivity index (χ3n) is 3.78. The number of rotatable bonds is 7. The Balaban J connectivity index is 0.000000537. The molecule has 0 heterocycles. The molecule has 29 heavy (non-hydrogen) atoms. The van der Waals surface area contributed by atoms with Crippen LogP contribution in [-0.4, -0.2) is 13.9 Å². The van der Waals surface area contributed by atoms with E-state index < -0.39 is 7.25 Å². The van der Waals surface area contributed by atoms with Gasteiger partial charge in [-0.25, -0.2) is 0 Å². The topological polar surface area (TPSA) is 9.23 Å². The highest BCUT2D eigenvalue weighted by Gasteiger charge is 2.28. The van der Waals surface area contributed by atoms with Gasteiger partial charge in [0.1, 0.15) is 5.75 Å². The smallest absolute Gasteiger partial charge is 0.494 e. The van der Waals surface area contributed by atoms with E-state index >= 15 is 0 Å². The minimum absolute atomic E-state index is 0.0858. The molecule has 7 heteroatoms. The lowest BCUT2D eigenvalue weighted by Gasteiger charge is -2.09. The molecule has 3 aromatic rings. The molecule has 0 amide bonds. The van der Waals surface area contributed by atoms with E-state index in [0.717, 1.165) is 25.2 Å². The molecule has 0 spiro atoms. The van der Waals surface area contributed by atoms with Crippen molar-refractivity contribution in [2.75, 3.05) is 6.61 Å². The molecule has 0 saturated carbocycles. The number of hydrogen-bond donors (Lipinski definition) is 0. The average molecular weight is 422 g/mol. The summed E-state index contributed by atoms with van der Waals surface area (Å²) in [6.07, 6.45) is 2.25. The second-order valence-electron chi connectivity index (χ2n) is 6.10. The van der Waals surface area contributed by atoms with Crippen molar-refractivity contribution in [2.45, 2.75) is 34.5 Å². The molecule has 0 saturated heterocycles. The quantitative estimate of drug-likeness (QED) is 0.169. The van der Waals surface area contributed by atoms with Crippen LogP contribution in [0.4, 0.5) is 17.3 Å². The predicted molar refractivity (Wildman–Crippen MR) is 112 cm³/mol. The SMILES string of the molecule is CCCCOc1ccc([S+](c2ccccc2)c2ccccc2)cc1.F[B-](F)(F)F. The van der Waals surface area contributed by atoms with Gasteiger partial charge in [-0.05, 0) is 55.0 Å². The van der Waals surface area contributed by atoms with Crippen LogP contribution in [0, 0.1) is 0 Å². The average Bonchev–Trinajstić information content (AvgIpc) is 2.70. The highest BCUT2D eigenvalue weighted by Crippen LogP contribution is 2.31. The second-order valence-corrected chi connectivity index (χ2v) is 8.13. The van der Waals surface area contributed by atoms with Crippen LogP contribution in [0.1, 0.15) is 19.8 Å². The van der Waals surface area contributed by atoms with E-state index in [1.807, 2.05) is 0 Å². The Labute approximate surface area is 172 Å². The Morgan fingerprint density at radius 3 is 1.52 bits per heavy atom. The second kappa shape index (κ2) is 11.6. The molecule has 0 unspecified atom stereocenters. The Hall–Kier alpha value is -2.41. The summed E-state index contributed by atoms with van der Waals surface area (Å²) in [5.41, 5.74) is 0. The maximum Gasteiger partial charge on any atom is 0.673 e. The number of ether oxygens (including phenoxy) is 1. The molecule has 0 radical (unpaired) electrons. The molecular formula is C22H23BF4OS. The molecule has 0 aliphatic heterocycles. The lowest BCUT2D eigenvalue weighted by Crippen LogP contribution is -2.04. The molecule has 0 N–H and O–H groups in total. The molecule has 0 fully saturated rings. The van der Waals surface area contributed by atoms with E-state index in [0.29, 0.717) is 0 Å². The van der Waals surface area contributed by atoms with Crippen LogP contribution in [0.15, 0.2) is 99.6 Å². The standard InChI is InChI=1S/C22H23OS.BF4/c1-2-3-18-23-19-14-16-22(17-15-19)24(20-10-6-4-7-11-20)21-12-8-5-9-13-21;2-1(3,4)5/h4-17H,2-3,18H2,1H3;/q+1;-1. The molecular weight excluding hydrogens is 399 g/mol. The minimum Gasteiger partial charge on any atom is -0.494 e. The molecule has 0 atom stereocenters. The van der Waals surface area contributed by atoms with E-state index in [-0.39, 0.29) is 10.9 Å². The van der Waals surface area contributed by atoms with Crippen molar-refractivity contribution in [3.63, 3.8) is 0 Å². The van der Waals surface area contributed by atoms with E-state index in [1.54, 1.807) is 0 Å². The molecule has 3 rings (SSSR count). The number of hydrogen-bond acceptors (Lipinski definition) is 1. The Bertz CT molecular complexity index is 781. The molecule has 0 aromatic heterocycles. The zero-order valence-electron chi connectivity index (χ0n) is 16.1. The van der Waals surface area contributed by atoms with Crippen molar-refractivity contribution in [3.8, 4) is 5.75 Å². The first-order valence-corrected chi connectivity index (χ1v) is 10.6. The third kappa shape index (κ3) is 8.65. The van der Waals surface area contributed by atoms with Crippen molar-refractivity contribution >= 4 is 18.1 Å². The normalized spacial score (nSPS) is 11.0. The fourth-order valence-electron chi connectivity index (χ4n) is 2.53. The lowest BCUT2D eigenvalue weighted by molar-refractivity contribution is 0.309. The van der Waals surface area contributed by atoms with Gasteiger partial charge in [0, 0.05) is 0 Å². The highest BCUT2D eigenvalue weighted by molar-refractivity contribution is 7.97. The van der Waals surface area contributed by atoms with Gasteiger partial charge in [-0.15, -0.1) is 0 Å². The zero-order chi connectivity index (χ0) is 21.1. The van der Waals surface area contributed by atoms with Gasteiger partial charge in [-0.2, -0.15) is 0 Å². The fourth-order valence-corrected chi connectivity index (χ4v) is 4.61. The number of halogens is 4. The maximum atomic E-state index is 9.75. The highest BCUT2D eigenvalue weighted by atomic mass is 32.2. The van der Waals surface area contributed by atoms with Crippen molar-refractivity contribution in [2.24, 2.45) is 0 Å². The molecule has 0 aliphatic carbocycles. The third-order valence-corrected chi connectivity index (χ3v) is 6.01. The van der Waals surface area contributed by atoms with Gasteiger partial charge in [0.05, 0.1) is 17.5 Å². The summed E-state index contributed by atoms with van der Waals surface area (Å²) >= 11 is 0. The summed E-state index contributed by atoms with van der Waals surface area (Å²) in [6, 6.07) is 30.0. The summed E-state index contributed by atoms with van der Waals surface area (Å²) in [5, 5.41) is 0. The lowest BCUT2D eigenvalue weighted by atomic mass is 10.3. The maximum absolute atomic E-state index is 9.75. The Kier molecular flexibility index (Phi) is 9.12. The van der Waals surface area contributed by atoms with Crippen LogP contribution < -0.4 is 4.74 Å². The van der Waals surface area contributed by atoms with Gasteiger partial charge >= 0.3 is 7.25 Å². The Morgan fingerprint density at radius 1 is 0.690 bits per heavy atom. The molecule has 154 valence electrons. The number of unbranched alkanes of at least 4 members (excludes halogenated alkanes) is 1. The van der Waals surface area contributed by atoms with Crippen LogP contribution in [0.5, 0.6) is 5.75 Å². The van der Waals surface area contributed by atoms with E-state index in [4.69, 9.17) is 4.74 Å². The monoisotopic (exact) mass is 422 g/mol. The van der Waals surface area contributed by atoms with Crippen LogP contribution in [0.2, 0.25) is 0 Å². The summed E-state index contributed by atoms with van der Waals surface area (Å²) in [4.78, 5) is 3.99. The van der Waals surface area contributed by atoms with E-state index in [1.165, 1.54) is 14.7 Å². The van der Waals surface area contributed by atoms with Gasteiger partial charge in [0.25, 0.3) is 0 Å². The summed E-state index contributed by atoms with van der Waals surface area (Å²) < 4.78 is 44.8. The first kappa shape index (κ1) is 22.9. The fraction of sp³-hybridized carbons (Fsp3) is 0.182. The van der Waals surface area contributed by atoms with Crippen LogP contribution in [0.25, 0.3) is 0 Å². The van der Waals surface area contributed by atoms with Crippen LogP contribution in [0.3, 0.4) is 0 Å².